The van der Waals surface area contributed by atoms with Crippen LogP contribution in [0, 0.1) is 16.0 Å². The summed E-state index contributed by atoms with van der Waals surface area (Å²) in [5, 5.41) is 22.2. The highest BCUT2D eigenvalue weighted by Crippen LogP contribution is 2.49. The van der Waals surface area contributed by atoms with Crippen molar-refractivity contribution in [3.8, 4) is 5.75 Å². The standard InChI is InChI=1S/C21H23NO5.C2H6/c23-20-16-8-3-1-2-4-9-17(16)27-21(24)19(20)18(13-10-11-13)14-6-5-7-15(12-14)22(25)26;1-2/h5-7,12-13,18,23H,1-4,8-11H2;1-2H3. The van der Waals surface area contributed by atoms with Crippen molar-refractivity contribution in [3.63, 3.8) is 0 Å². The summed E-state index contributed by atoms with van der Waals surface area (Å²) < 4.78 is 5.66. The summed E-state index contributed by atoms with van der Waals surface area (Å²) in [6.45, 7) is 4.00. The Kier molecular flexibility index (Phi) is 6.72. The average Bonchev–Trinajstić information content (AvgIpc) is 3.53. The Morgan fingerprint density at radius 3 is 2.48 bits per heavy atom. The number of hydrogen-bond donors (Lipinski definition) is 1. The van der Waals surface area contributed by atoms with Gasteiger partial charge in [-0.1, -0.05) is 38.8 Å². The van der Waals surface area contributed by atoms with Crippen molar-refractivity contribution < 1.29 is 14.4 Å². The van der Waals surface area contributed by atoms with E-state index in [0.717, 1.165) is 44.1 Å². The van der Waals surface area contributed by atoms with Gasteiger partial charge in [0.1, 0.15) is 11.5 Å². The molecule has 0 amide bonds. The molecule has 6 nitrogen and oxygen atoms in total. The van der Waals surface area contributed by atoms with Gasteiger partial charge >= 0.3 is 5.63 Å². The maximum Gasteiger partial charge on any atom is 0.343 e. The predicted molar refractivity (Wildman–Crippen MR) is 112 cm³/mol. The maximum absolute atomic E-state index is 12.8. The van der Waals surface area contributed by atoms with Crippen LogP contribution in [0.1, 0.15) is 80.7 Å². The van der Waals surface area contributed by atoms with Crippen LogP contribution >= 0.6 is 0 Å². The van der Waals surface area contributed by atoms with Crippen LogP contribution in [0.25, 0.3) is 0 Å². The van der Waals surface area contributed by atoms with E-state index in [9.17, 15) is 20.0 Å². The van der Waals surface area contributed by atoms with Crippen LogP contribution in [-0.4, -0.2) is 10.0 Å². The number of nitro benzene ring substituents is 1. The average molecular weight is 399 g/mol. The van der Waals surface area contributed by atoms with Gasteiger partial charge in [-0.05, 0) is 43.6 Å². The zero-order valence-electron chi connectivity index (χ0n) is 17.1. The summed E-state index contributed by atoms with van der Waals surface area (Å²) in [6, 6.07) is 6.38. The summed E-state index contributed by atoms with van der Waals surface area (Å²) in [4.78, 5) is 23.6. The monoisotopic (exact) mass is 399 g/mol. The Morgan fingerprint density at radius 2 is 1.83 bits per heavy atom. The number of nitro groups is 1. The summed E-state index contributed by atoms with van der Waals surface area (Å²) in [6.07, 6.45) is 7.35. The van der Waals surface area contributed by atoms with Crippen LogP contribution in [0.5, 0.6) is 5.75 Å². The minimum absolute atomic E-state index is 0.00623. The fourth-order valence-electron chi connectivity index (χ4n) is 4.23. The van der Waals surface area contributed by atoms with E-state index >= 15 is 0 Å². The molecule has 156 valence electrons. The van der Waals surface area contributed by atoms with Gasteiger partial charge in [-0.3, -0.25) is 10.1 Å². The second-order valence-corrected chi connectivity index (χ2v) is 7.63. The molecule has 0 saturated heterocycles. The third kappa shape index (κ3) is 4.52. The Labute approximate surface area is 170 Å². The molecule has 6 heteroatoms. The minimum atomic E-state index is -0.504. The van der Waals surface area contributed by atoms with E-state index in [1.54, 1.807) is 12.1 Å². The molecule has 2 aromatic rings. The third-order valence-electron chi connectivity index (χ3n) is 5.74. The van der Waals surface area contributed by atoms with Crippen LogP contribution in [-0.2, 0) is 12.8 Å². The van der Waals surface area contributed by atoms with Gasteiger partial charge in [-0.25, -0.2) is 4.79 Å². The van der Waals surface area contributed by atoms with Gasteiger partial charge in [0.15, 0.2) is 0 Å². The third-order valence-corrected chi connectivity index (χ3v) is 5.74. The molecule has 2 aliphatic rings. The highest BCUT2D eigenvalue weighted by atomic mass is 16.6. The topological polar surface area (TPSA) is 93.6 Å². The van der Waals surface area contributed by atoms with Crippen molar-refractivity contribution in [1.29, 1.82) is 0 Å². The highest BCUT2D eigenvalue weighted by Gasteiger charge is 2.38. The first-order valence-electron chi connectivity index (χ1n) is 10.7. The number of non-ortho nitro benzene ring substituents is 1. The summed E-state index contributed by atoms with van der Waals surface area (Å²) >= 11 is 0. The summed E-state index contributed by atoms with van der Waals surface area (Å²) in [5.41, 5.74) is 1.21. The van der Waals surface area contributed by atoms with Crippen molar-refractivity contribution in [1.82, 2.24) is 0 Å². The first kappa shape index (κ1) is 21.1. The molecule has 0 aliphatic heterocycles. The number of nitrogens with zero attached hydrogens (tertiary/aromatic N) is 1. The molecule has 0 bridgehead atoms. The normalized spacial score (nSPS) is 17.2. The number of hydrogen-bond acceptors (Lipinski definition) is 5. The Hall–Kier alpha value is -2.63. The highest BCUT2D eigenvalue weighted by molar-refractivity contribution is 5.49. The lowest BCUT2D eigenvalue weighted by atomic mass is 9.85. The molecule has 1 aromatic carbocycles. The first-order chi connectivity index (χ1) is 14.1. The van der Waals surface area contributed by atoms with E-state index in [1.807, 2.05) is 13.8 Å². The molecule has 0 radical (unpaired) electrons. The maximum atomic E-state index is 12.8. The predicted octanol–water partition coefficient (Wildman–Crippen LogP) is 5.48. The van der Waals surface area contributed by atoms with Crippen molar-refractivity contribution in [3.05, 3.63) is 67.3 Å². The van der Waals surface area contributed by atoms with Gasteiger partial charge in [0.25, 0.3) is 5.69 Å². The van der Waals surface area contributed by atoms with Gasteiger partial charge in [0.05, 0.1) is 10.5 Å². The lowest BCUT2D eigenvalue weighted by molar-refractivity contribution is -0.384. The Bertz CT molecular complexity index is 929. The molecule has 1 fully saturated rings. The van der Waals surface area contributed by atoms with Gasteiger partial charge < -0.3 is 9.52 Å². The molecule has 1 N–H and O–H groups in total. The quantitative estimate of drug-likeness (QED) is 0.543. The summed E-state index contributed by atoms with van der Waals surface area (Å²) in [7, 11) is 0. The molecule has 1 saturated carbocycles. The SMILES string of the molecule is CC.O=c1oc2c(c(O)c1C(c1cccc([N+](=O)[O-])c1)C1CC1)CCCCCC2. The van der Waals surface area contributed by atoms with E-state index < -0.39 is 10.5 Å². The summed E-state index contributed by atoms with van der Waals surface area (Å²) in [5.74, 6) is 0.491. The molecule has 29 heavy (non-hydrogen) atoms. The lowest BCUT2D eigenvalue weighted by Crippen LogP contribution is -2.19. The van der Waals surface area contributed by atoms with Crippen molar-refractivity contribution in [2.75, 3.05) is 0 Å². The second-order valence-electron chi connectivity index (χ2n) is 7.63. The number of rotatable bonds is 4. The van der Waals surface area contributed by atoms with Crippen molar-refractivity contribution in [2.24, 2.45) is 5.92 Å². The van der Waals surface area contributed by atoms with Gasteiger partial charge in [-0.15, -0.1) is 0 Å². The van der Waals surface area contributed by atoms with Crippen LogP contribution in [0.2, 0.25) is 0 Å². The van der Waals surface area contributed by atoms with Crippen molar-refractivity contribution >= 4 is 5.69 Å². The smallest absolute Gasteiger partial charge is 0.343 e. The van der Waals surface area contributed by atoms with Crippen LogP contribution in [0.15, 0.2) is 33.5 Å². The molecular weight excluding hydrogens is 370 g/mol. The fraction of sp³-hybridized carbons (Fsp3) is 0.522. The van der Waals surface area contributed by atoms with Gasteiger partial charge in [-0.2, -0.15) is 0 Å². The van der Waals surface area contributed by atoms with Gasteiger partial charge in [0.2, 0.25) is 0 Å². The molecule has 2 aliphatic carbocycles. The van der Waals surface area contributed by atoms with Crippen LogP contribution in [0.3, 0.4) is 0 Å². The van der Waals surface area contributed by atoms with Crippen LogP contribution in [0.4, 0.5) is 5.69 Å². The first-order valence-corrected chi connectivity index (χ1v) is 10.7. The zero-order valence-corrected chi connectivity index (χ0v) is 17.1. The molecule has 4 rings (SSSR count). The molecule has 1 atom stereocenters. The minimum Gasteiger partial charge on any atom is -0.507 e. The molecular formula is C23H29NO5. The number of aromatic hydroxyl groups is 1. The number of benzene rings is 1. The molecule has 0 spiro atoms. The molecule has 1 heterocycles. The van der Waals surface area contributed by atoms with Crippen LogP contribution < -0.4 is 5.63 Å². The second kappa shape index (κ2) is 9.25. The lowest BCUT2D eigenvalue weighted by Gasteiger charge is -2.21. The number of aryl methyl sites for hydroxylation is 1. The largest absolute Gasteiger partial charge is 0.507 e. The van der Waals surface area contributed by atoms with Gasteiger partial charge in [0, 0.05) is 30.0 Å². The van der Waals surface area contributed by atoms with E-state index in [1.165, 1.54) is 12.1 Å². The van der Waals surface area contributed by atoms with Crippen molar-refractivity contribution in [2.45, 2.75) is 71.1 Å². The van der Waals surface area contributed by atoms with E-state index in [0.29, 0.717) is 24.2 Å². The van der Waals surface area contributed by atoms with E-state index in [4.69, 9.17) is 4.42 Å². The number of fused-ring (bicyclic) bond motifs is 1. The Balaban J connectivity index is 0.00000117. The molecule has 1 aromatic heterocycles. The van der Waals surface area contributed by atoms with E-state index in [2.05, 4.69) is 0 Å². The Morgan fingerprint density at radius 1 is 1.14 bits per heavy atom. The fourth-order valence-corrected chi connectivity index (χ4v) is 4.23. The van der Waals surface area contributed by atoms with E-state index in [-0.39, 0.29) is 28.8 Å². The molecule has 1 unspecified atom stereocenters. The zero-order chi connectivity index (χ0) is 21.0.